The van der Waals surface area contributed by atoms with Gasteiger partial charge in [0.1, 0.15) is 0 Å². The average molecular weight is 406 g/mol. The van der Waals surface area contributed by atoms with E-state index in [2.05, 4.69) is 5.32 Å². The van der Waals surface area contributed by atoms with E-state index >= 15 is 0 Å². The smallest absolute Gasteiger partial charge is 0.339 e. The molecule has 0 atom stereocenters. The van der Waals surface area contributed by atoms with Crippen LogP contribution in [0.5, 0.6) is 0 Å². The molecule has 0 aliphatic carbocycles. The number of amides is 2. The number of hydrogen-bond acceptors (Lipinski definition) is 3. The Morgan fingerprint density at radius 1 is 1.22 bits per heavy atom. The second kappa shape index (κ2) is 8.48. The lowest BCUT2D eigenvalue weighted by molar-refractivity contribution is -0.137. The molecule has 1 N–H and O–H groups in total. The number of carbonyl (C=O) groups is 2. The second-order valence-corrected chi connectivity index (χ2v) is 6.81. The molecule has 1 aromatic carbocycles. The Bertz CT molecular complexity index is 706. The van der Waals surface area contributed by atoms with Gasteiger partial charge >= 0.3 is 6.18 Å². The molecule has 3 rings (SSSR count). The van der Waals surface area contributed by atoms with Gasteiger partial charge in [0.2, 0.25) is 5.91 Å². The minimum Gasteiger partial charge on any atom is -0.339 e. The van der Waals surface area contributed by atoms with Crippen LogP contribution in [0, 0.1) is 0 Å². The topological polar surface area (TPSA) is 52.7 Å². The van der Waals surface area contributed by atoms with E-state index in [1.165, 1.54) is 15.9 Å². The summed E-state index contributed by atoms with van der Waals surface area (Å²) in [5.41, 5.74) is -0.795. The third-order valence-electron chi connectivity index (χ3n) is 5.05. The fourth-order valence-electron chi connectivity index (χ4n) is 3.54. The summed E-state index contributed by atoms with van der Waals surface area (Å²) in [6, 6.07) is 3.22. The molecule has 5 nitrogen and oxygen atoms in total. The zero-order valence-electron chi connectivity index (χ0n) is 15.0. The van der Waals surface area contributed by atoms with E-state index in [4.69, 9.17) is 0 Å². The number of piperidine rings is 1. The quantitative estimate of drug-likeness (QED) is 0.840. The number of hydrogen-bond donors (Lipinski definition) is 1. The summed E-state index contributed by atoms with van der Waals surface area (Å²) in [5, 5.41) is 3.20. The maximum Gasteiger partial charge on any atom is 0.416 e. The van der Waals surface area contributed by atoms with Gasteiger partial charge in [-0.2, -0.15) is 13.2 Å². The number of anilines is 1. The van der Waals surface area contributed by atoms with E-state index in [-0.39, 0.29) is 35.6 Å². The van der Waals surface area contributed by atoms with E-state index in [1.54, 1.807) is 7.05 Å². The molecule has 2 fully saturated rings. The minimum absolute atomic E-state index is 0. The summed E-state index contributed by atoms with van der Waals surface area (Å²) in [6.07, 6.45) is -2.14. The van der Waals surface area contributed by atoms with Crippen molar-refractivity contribution in [2.75, 3.05) is 31.6 Å². The van der Waals surface area contributed by atoms with Gasteiger partial charge in [-0.05, 0) is 50.6 Å². The zero-order chi connectivity index (χ0) is 18.9. The molecule has 2 heterocycles. The summed E-state index contributed by atoms with van der Waals surface area (Å²) in [5.74, 6) is -0.662. The molecular weight excluding hydrogens is 383 g/mol. The summed E-state index contributed by atoms with van der Waals surface area (Å²) in [7, 11) is 1.62. The number of nitrogens with zero attached hydrogens (tertiary/aromatic N) is 2. The monoisotopic (exact) mass is 405 g/mol. The van der Waals surface area contributed by atoms with Gasteiger partial charge in [-0.15, -0.1) is 12.4 Å². The molecule has 0 radical (unpaired) electrons. The van der Waals surface area contributed by atoms with E-state index < -0.39 is 17.6 Å². The van der Waals surface area contributed by atoms with Gasteiger partial charge in [-0.1, -0.05) is 0 Å². The zero-order valence-corrected chi connectivity index (χ0v) is 15.8. The van der Waals surface area contributed by atoms with Crippen molar-refractivity contribution in [2.45, 2.75) is 37.9 Å². The van der Waals surface area contributed by atoms with Gasteiger partial charge in [0, 0.05) is 37.3 Å². The fraction of sp³-hybridized carbons (Fsp3) is 0.556. The molecule has 150 valence electrons. The number of benzene rings is 1. The number of alkyl halides is 3. The van der Waals surface area contributed by atoms with Crippen LogP contribution in [0.2, 0.25) is 0 Å². The molecule has 0 aromatic heterocycles. The van der Waals surface area contributed by atoms with Crippen LogP contribution < -0.4 is 10.2 Å². The first-order chi connectivity index (χ1) is 12.3. The molecule has 2 amide bonds. The Hall–Kier alpha value is -1.80. The van der Waals surface area contributed by atoms with Gasteiger partial charge in [0.15, 0.2) is 0 Å². The standard InChI is InChI=1S/C18H22F3N3O2.ClH/c1-23(14-4-6-22-7-5-14)17(26)12-9-13(18(19,20)21)11-15(10-12)24-8-2-3-16(24)25;/h9-11,14,22H,2-8H2,1H3;1H. The van der Waals surface area contributed by atoms with Crippen molar-refractivity contribution >= 4 is 29.9 Å². The highest BCUT2D eigenvalue weighted by Crippen LogP contribution is 2.34. The van der Waals surface area contributed by atoms with Crippen LogP contribution in [0.4, 0.5) is 18.9 Å². The van der Waals surface area contributed by atoms with Gasteiger partial charge in [0.25, 0.3) is 5.91 Å². The normalized spacial score (nSPS) is 18.4. The Morgan fingerprint density at radius 3 is 2.44 bits per heavy atom. The Balaban J connectivity index is 0.00000261. The lowest BCUT2D eigenvalue weighted by Gasteiger charge is -2.32. The van der Waals surface area contributed by atoms with Crippen molar-refractivity contribution in [2.24, 2.45) is 0 Å². The molecule has 27 heavy (non-hydrogen) atoms. The van der Waals surface area contributed by atoms with Crippen LogP contribution in [-0.4, -0.2) is 49.4 Å². The largest absolute Gasteiger partial charge is 0.416 e. The first kappa shape index (κ1) is 21.5. The van der Waals surface area contributed by atoms with Crippen molar-refractivity contribution < 1.29 is 22.8 Å². The van der Waals surface area contributed by atoms with Crippen LogP contribution in [0.1, 0.15) is 41.6 Å². The van der Waals surface area contributed by atoms with Crippen molar-refractivity contribution in [3.8, 4) is 0 Å². The second-order valence-electron chi connectivity index (χ2n) is 6.81. The third kappa shape index (κ3) is 4.73. The van der Waals surface area contributed by atoms with E-state index in [1.807, 2.05) is 0 Å². The first-order valence-electron chi connectivity index (χ1n) is 8.78. The van der Waals surface area contributed by atoms with Crippen molar-refractivity contribution in [1.82, 2.24) is 10.2 Å². The lowest BCUT2D eigenvalue weighted by atomic mass is 10.0. The summed E-state index contributed by atoms with van der Waals surface area (Å²) in [6.45, 7) is 1.93. The SMILES string of the molecule is CN(C(=O)c1cc(N2CCCC2=O)cc(C(F)(F)F)c1)C1CCNCC1.Cl. The fourth-order valence-corrected chi connectivity index (χ4v) is 3.54. The van der Waals surface area contributed by atoms with Gasteiger partial charge < -0.3 is 15.1 Å². The van der Waals surface area contributed by atoms with Crippen LogP contribution in [0.25, 0.3) is 0 Å². The average Bonchev–Trinajstić information content (AvgIpc) is 3.06. The number of halogens is 4. The van der Waals surface area contributed by atoms with Gasteiger partial charge in [-0.3, -0.25) is 9.59 Å². The summed E-state index contributed by atoms with van der Waals surface area (Å²) >= 11 is 0. The maximum absolute atomic E-state index is 13.3. The Kier molecular flexibility index (Phi) is 6.75. The highest BCUT2D eigenvalue weighted by atomic mass is 35.5. The number of nitrogens with one attached hydrogen (secondary N) is 1. The molecule has 2 aliphatic heterocycles. The van der Waals surface area contributed by atoms with Gasteiger partial charge in [0.05, 0.1) is 5.56 Å². The Morgan fingerprint density at radius 2 is 1.89 bits per heavy atom. The molecule has 0 bridgehead atoms. The molecule has 2 aliphatic rings. The lowest BCUT2D eigenvalue weighted by Crippen LogP contribution is -2.44. The molecule has 0 saturated carbocycles. The van der Waals surface area contributed by atoms with Crippen LogP contribution in [0.15, 0.2) is 18.2 Å². The highest BCUT2D eigenvalue weighted by Gasteiger charge is 2.34. The third-order valence-corrected chi connectivity index (χ3v) is 5.05. The summed E-state index contributed by atoms with van der Waals surface area (Å²) in [4.78, 5) is 27.6. The van der Waals surface area contributed by atoms with E-state index in [9.17, 15) is 22.8 Å². The minimum atomic E-state index is -4.58. The molecule has 1 aromatic rings. The van der Waals surface area contributed by atoms with Crippen molar-refractivity contribution in [3.63, 3.8) is 0 Å². The highest BCUT2D eigenvalue weighted by molar-refractivity contribution is 5.99. The van der Waals surface area contributed by atoms with Crippen molar-refractivity contribution in [3.05, 3.63) is 29.3 Å². The molecular formula is C18H23ClF3N3O2. The molecule has 9 heteroatoms. The Labute approximate surface area is 162 Å². The van der Waals surface area contributed by atoms with Crippen LogP contribution in [-0.2, 0) is 11.0 Å². The predicted molar refractivity (Wildman–Crippen MR) is 98.3 cm³/mol. The predicted octanol–water partition coefficient (Wildman–Crippen LogP) is 3.08. The molecule has 2 saturated heterocycles. The van der Waals surface area contributed by atoms with Crippen LogP contribution in [0.3, 0.4) is 0 Å². The molecule has 0 spiro atoms. The van der Waals surface area contributed by atoms with Crippen molar-refractivity contribution in [1.29, 1.82) is 0 Å². The van der Waals surface area contributed by atoms with Gasteiger partial charge in [-0.25, -0.2) is 0 Å². The number of rotatable bonds is 3. The number of carbonyl (C=O) groups excluding carboxylic acids is 2. The maximum atomic E-state index is 13.3. The van der Waals surface area contributed by atoms with Crippen LogP contribution >= 0.6 is 12.4 Å². The first-order valence-corrected chi connectivity index (χ1v) is 8.78. The van der Waals surface area contributed by atoms with E-state index in [0.717, 1.165) is 38.1 Å². The van der Waals surface area contributed by atoms with E-state index in [0.29, 0.717) is 19.4 Å². The summed E-state index contributed by atoms with van der Waals surface area (Å²) < 4.78 is 39.9. The molecule has 0 unspecified atom stereocenters.